The van der Waals surface area contributed by atoms with Crippen LogP contribution in [0.2, 0.25) is 0 Å². The molecule has 1 aliphatic carbocycles. The standard InChI is InChI=1S/C21H26N2O4/c1-13-8-9-18-16(12-13)19(15-6-4-5-7-17(15)23-18)21(25)27-14(2)20(24)22-10-11-26-3/h4-7,13-14H,8-12H2,1-3H3,(H,22,24)/t13-,14+/m0/s1. The number of hydrogen-bond acceptors (Lipinski definition) is 5. The van der Waals surface area contributed by atoms with Crippen LogP contribution in [0.4, 0.5) is 0 Å². The molecule has 0 saturated carbocycles. The average molecular weight is 370 g/mol. The number of nitrogens with one attached hydrogen (secondary N) is 1. The van der Waals surface area contributed by atoms with E-state index in [-0.39, 0.29) is 5.91 Å². The average Bonchev–Trinajstić information content (AvgIpc) is 2.66. The van der Waals surface area contributed by atoms with Crippen LogP contribution >= 0.6 is 0 Å². The van der Waals surface area contributed by atoms with Gasteiger partial charge in [0.15, 0.2) is 6.10 Å². The third kappa shape index (κ3) is 4.27. The number of carbonyl (C=O) groups excluding carboxylic acids is 2. The molecule has 3 rings (SSSR count). The second-order valence-electron chi connectivity index (χ2n) is 7.11. The van der Waals surface area contributed by atoms with E-state index in [1.165, 1.54) is 0 Å². The van der Waals surface area contributed by atoms with Crippen molar-refractivity contribution in [1.29, 1.82) is 0 Å². The summed E-state index contributed by atoms with van der Waals surface area (Å²) in [4.78, 5) is 29.9. The summed E-state index contributed by atoms with van der Waals surface area (Å²) < 4.78 is 10.4. The minimum absolute atomic E-state index is 0.332. The predicted molar refractivity (Wildman–Crippen MR) is 103 cm³/mol. The van der Waals surface area contributed by atoms with Gasteiger partial charge in [-0.2, -0.15) is 0 Å². The molecule has 0 bridgehead atoms. The fourth-order valence-corrected chi connectivity index (χ4v) is 3.49. The molecule has 144 valence electrons. The summed E-state index contributed by atoms with van der Waals surface area (Å²) in [7, 11) is 1.56. The Bertz CT molecular complexity index is 849. The molecule has 1 heterocycles. The van der Waals surface area contributed by atoms with Gasteiger partial charge in [-0.05, 0) is 43.7 Å². The first kappa shape index (κ1) is 19.3. The summed E-state index contributed by atoms with van der Waals surface area (Å²) in [5.74, 6) is -0.309. The Labute approximate surface area is 159 Å². The Hall–Kier alpha value is -2.47. The quantitative estimate of drug-likeness (QED) is 0.625. The van der Waals surface area contributed by atoms with E-state index in [9.17, 15) is 9.59 Å². The van der Waals surface area contributed by atoms with E-state index in [4.69, 9.17) is 14.5 Å². The first-order valence-corrected chi connectivity index (χ1v) is 9.39. The van der Waals surface area contributed by atoms with Gasteiger partial charge >= 0.3 is 5.97 Å². The Morgan fingerprint density at radius 2 is 2.11 bits per heavy atom. The van der Waals surface area contributed by atoms with Crippen LogP contribution in [-0.2, 0) is 27.1 Å². The maximum absolute atomic E-state index is 13.0. The highest BCUT2D eigenvalue weighted by Gasteiger charge is 2.28. The molecule has 1 amide bonds. The molecule has 0 radical (unpaired) electrons. The van der Waals surface area contributed by atoms with Gasteiger partial charge in [-0.1, -0.05) is 25.1 Å². The molecule has 0 saturated heterocycles. The monoisotopic (exact) mass is 370 g/mol. The molecule has 1 aromatic heterocycles. The fourth-order valence-electron chi connectivity index (χ4n) is 3.49. The van der Waals surface area contributed by atoms with Gasteiger partial charge in [0.1, 0.15) is 0 Å². The minimum Gasteiger partial charge on any atom is -0.449 e. The lowest BCUT2D eigenvalue weighted by atomic mass is 9.84. The number of amides is 1. The number of hydrogen-bond donors (Lipinski definition) is 1. The zero-order valence-electron chi connectivity index (χ0n) is 16.1. The van der Waals surface area contributed by atoms with Crippen molar-refractivity contribution in [1.82, 2.24) is 10.3 Å². The van der Waals surface area contributed by atoms with Crippen LogP contribution < -0.4 is 5.32 Å². The van der Waals surface area contributed by atoms with Gasteiger partial charge in [0.05, 0.1) is 17.7 Å². The number of aryl methyl sites for hydroxylation is 1. The molecule has 1 N–H and O–H groups in total. The first-order chi connectivity index (χ1) is 13.0. The van der Waals surface area contributed by atoms with E-state index in [1.807, 2.05) is 24.3 Å². The molecule has 0 aliphatic heterocycles. The number of para-hydroxylation sites is 1. The third-order valence-corrected chi connectivity index (χ3v) is 4.97. The number of nitrogens with zero attached hydrogens (tertiary/aromatic N) is 1. The molecule has 6 heteroatoms. The first-order valence-electron chi connectivity index (χ1n) is 9.39. The summed E-state index contributed by atoms with van der Waals surface area (Å²) in [5.41, 5.74) is 3.27. The van der Waals surface area contributed by atoms with Crippen LogP contribution in [0.15, 0.2) is 24.3 Å². The van der Waals surface area contributed by atoms with Gasteiger partial charge in [-0.25, -0.2) is 4.79 Å². The number of fused-ring (bicyclic) bond motifs is 2. The molecular formula is C21H26N2O4. The molecule has 0 unspecified atom stereocenters. The van der Waals surface area contributed by atoms with Crippen molar-refractivity contribution in [3.05, 3.63) is 41.1 Å². The topological polar surface area (TPSA) is 77.5 Å². The maximum Gasteiger partial charge on any atom is 0.339 e. The number of methoxy groups -OCH3 is 1. The lowest BCUT2D eigenvalue weighted by Gasteiger charge is -2.24. The Morgan fingerprint density at radius 3 is 2.89 bits per heavy atom. The van der Waals surface area contributed by atoms with Crippen molar-refractivity contribution in [2.75, 3.05) is 20.3 Å². The highest BCUT2D eigenvalue weighted by Crippen LogP contribution is 2.32. The van der Waals surface area contributed by atoms with Crippen molar-refractivity contribution in [3.8, 4) is 0 Å². The van der Waals surface area contributed by atoms with E-state index >= 15 is 0 Å². The van der Waals surface area contributed by atoms with Gasteiger partial charge in [0, 0.05) is 24.7 Å². The van der Waals surface area contributed by atoms with E-state index in [0.29, 0.717) is 24.6 Å². The van der Waals surface area contributed by atoms with Gasteiger partial charge in [-0.3, -0.25) is 9.78 Å². The van der Waals surface area contributed by atoms with Crippen LogP contribution in [0.5, 0.6) is 0 Å². The van der Waals surface area contributed by atoms with Gasteiger partial charge in [0.25, 0.3) is 5.91 Å². The van der Waals surface area contributed by atoms with Gasteiger partial charge in [0.2, 0.25) is 0 Å². The van der Waals surface area contributed by atoms with Crippen molar-refractivity contribution < 1.29 is 19.1 Å². The molecule has 1 aromatic carbocycles. The van der Waals surface area contributed by atoms with Crippen LogP contribution in [0, 0.1) is 5.92 Å². The number of pyridine rings is 1. The molecule has 27 heavy (non-hydrogen) atoms. The summed E-state index contributed by atoms with van der Waals surface area (Å²) in [6.07, 6.45) is 1.84. The molecule has 2 aromatic rings. The van der Waals surface area contributed by atoms with Gasteiger partial charge < -0.3 is 14.8 Å². The second-order valence-corrected chi connectivity index (χ2v) is 7.11. The zero-order chi connectivity index (χ0) is 19.4. The van der Waals surface area contributed by atoms with Crippen LogP contribution in [0.1, 0.15) is 41.9 Å². The van der Waals surface area contributed by atoms with Crippen LogP contribution in [-0.4, -0.2) is 43.2 Å². The smallest absolute Gasteiger partial charge is 0.339 e. The third-order valence-electron chi connectivity index (χ3n) is 4.97. The van der Waals surface area contributed by atoms with E-state index in [0.717, 1.165) is 41.4 Å². The van der Waals surface area contributed by atoms with Crippen molar-refractivity contribution in [2.45, 2.75) is 39.2 Å². The molecule has 6 nitrogen and oxygen atoms in total. The van der Waals surface area contributed by atoms with E-state index < -0.39 is 12.1 Å². The number of rotatable bonds is 6. The van der Waals surface area contributed by atoms with Crippen molar-refractivity contribution >= 4 is 22.8 Å². The fraction of sp³-hybridized carbons (Fsp3) is 0.476. The Kier molecular flexibility index (Phi) is 6.06. The number of aromatic nitrogens is 1. The van der Waals surface area contributed by atoms with Crippen LogP contribution in [0.25, 0.3) is 10.9 Å². The number of ether oxygens (including phenoxy) is 2. The molecule has 2 atom stereocenters. The Morgan fingerprint density at radius 1 is 1.33 bits per heavy atom. The Balaban J connectivity index is 1.89. The summed E-state index contributed by atoms with van der Waals surface area (Å²) in [6.45, 7) is 4.55. The van der Waals surface area contributed by atoms with E-state index in [2.05, 4.69) is 12.2 Å². The minimum atomic E-state index is -0.877. The summed E-state index contributed by atoms with van der Waals surface area (Å²) in [5, 5.41) is 3.47. The maximum atomic E-state index is 13.0. The molecule has 1 aliphatic rings. The van der Waals surface area contributed by atoms with Crippen molar-refractivity contribution in [3.63, 3.8) is 0 Å². The highest BCUT2D eigenvalue weighted by atomic mass is 16.5. The molecular weight excluding hydrogens is 344 g/mol. The SMILES string of the molecule is COCCNC(=O)[C@@H](C)OC(=O)c1c2c(nc3ccccc13)CC[C@H](C)C2. The normalized spacial score (nSPS) is 17.2. The summed E-state index contributed by atoms with van der Waals surface area (Å²) in [6, 6.07) is 7.60. The molecule has 0 spiro atoms. The highest BCUT2D eigenvalue weighted by molar-refractivity contribution is 6.05. The van der Waals surface area contributed by atoms with Crippen molar-refractivity contribution in [2.24, 2.45) is 5.92 Å². The number of esters is 1. The number of carbonyl (C=O) groups is 2. The van der Waals surface area contributed by atoms with E-state index in [1.54, 1.807) is 14.0 Å². The number of benzene rings is 1. The second kappa shape index (κ2) is 8.48. The summed E-state index contributed by atoms with van der Waals surface area (Å²) >= 11 is 0. The lowest BCUT2D eigenvalue weighted by molar-refractivity contribution is -0.129. The van der Waals surface area contributed by atoms with Crippen LogP contribution in [0.3, 0.4) is 0 Å². The predicted octanol–water partition coefficient (Wildman–Crippen LogP) is 2.67. The zero-order valence-corrected chi connectivity index (χ0v) is 16.1. The lowest BCUT2D eigenvalue weighted by Crippen LogP contribution is -2.37. The van der Waals surface area contributed by atoms with Gasteiger partial charge in [-0.15, -0.1) is 0 Å². The molecule has 0 fully saturated rings. The largest absolute Gasteiger partial charge is 0.449 e.